The van der Waals surface area contributed by atoms with Crippen molar-refractivity contribution in [1.29, 1.82) is 0 Å². The van der Waals surface area contributed by atoms with E-state index in [2.05, 4.69) is 27.2 Å². The number of fused-ring (bicyclic) bond motifs is 1. The Kier molecular flexibility index (Phi) is 7.90. The third-order valence-electron chi connectivity index (χ3n) is 6.69. The molecule has 1 aromatic carbocycles. The monoisotopic (exact) mass is 532 g/mol. The maximum atomic E-state index is 13.5. The number of aryl methyl sites for hydroxylation is 1. The minimum atomic E-state index is -0.319. The van der Waals surface area contributed by atoms with Gasteiger partial charge in [-0.3, -0.25) is 14.6 Å². The normalized spacial score (nSPS) is 19.5. The van der Waals surface area contributed by atoms with Crippen molar-refractivity contribution in [3.63, 3.8) is 0 Å². The number of halogens is 2. The van der Waals surface area contributed by atoms with E-state index in [1.807, 2.05) is 6.92 Å². The predicted octanol–water partition coefficient (Wildman–Crippen LogP) is 4.96. The number of carbonyl (C=O) groups is 2. The van der Waals surface area contributed by atoms with Gasteiger partial charge in [0.15, 0.2) is 0 Å². The summed E-state index contributed by atoms with van der Waals surface area (Å²) in [5.74, 6) is 1.15. The minimum Gasteiger partial charge on any atom is -0.495 e. The Morgan fingerprint density at radius 3 is 2.67 bits per heavy atom. The van der Waals surface area contributed by atoms with Crippen LogP contribution in [-0.2, 0) is 17.8 Å². The minimum absolute atomic E-state index is 0.0244. The van der Waals surface area contributed by atoms with Gasteiger partial charge in [-0.05, 0) is 37.0 Å². The number of ether oxygens (including phenoxy) is 1. The molecule has 2 unspecified atom stereocenters. The quantitative estimate of drug-likeness (QED) is 0.489. The Morgan fingerprint density at radius 2 is 2.00 bits per heavy atom. The Hall–Kier alpha value is -3.04. The summed E-state index contributed by atoms with van der Waals surface area (Å²) < 4.78 is 5.43. The van der Waals surface area contributed by atoms with Crippen molar-refractivity contribution in [1.82, 2.24) is 15.3 Å². The number of urea groups is 1. The Balaban J connectivity index is 1.62. The smallest absolute Gasteiger partial charge is 0.330 e. The highest BCUT2D eigenvalue weighted by Crippen LogP contribution is 2.45. The van der Waals surface area contributed by atoms with Crippen molar-refractivity contribution in [2.75, 3.05) is 29.3 Å². The van der Waals surface area contributed by atoms with Crippen LogP contribution in [0.2, 0.25) is 10.0 Å². The molecule has 0 bridgehead atoms. The molecular formula is C25H30Cl2N6O3. The number of nitrogens with one attached hydrogen (secondary N) is 2. The highest BCUT2D eigenvalue weighted by atomic mass is 35.5. The fraction of sp³-hybridized carbons (Fsp3) is 0.440. The van der Waals surface area contributed by atoms with Crippen LogP contribution < -0.4 is 25.2 Å². The lowest BCUT2D eigenvalue weighted by Crippen LogP contribution is -2.48. The standard InChI is InChI=1S/C25H30Cl2N6O3/c1-5-14-11-18(36-4)21(27)22(20(14)26)33-13-15-12-28-24(31-23(15)32(3)25(33)35)30-17-10-8-7-9-16(17)29-19(34)6-2/h6,11-12,16-17H,2,5,7-10,13H2,1,3-4H3,(H,29,34)(H,28,30,31). The molecule has 2 aromatic rings. The number of benzene rings is 1. The third-order valence-corrected chi connectivity index (χ3v) is 7.48. The number of methoxy groups -OCH3 is 1. The maximum Gasteiger partial charge on any atom is 0.330 e. The van der Waals surface area contributed by atoms with Gasteiger partial charge >= 0.3 is 6.03 Å². The Bertz CT molecular complexity index is 1160. The van der Waals surface area contributed by atoms with Crippen LogP contribution in [0.25, 0.3) is 0 Å². The largest absolute Gasteiger partial charge is 0.495 e. The fourth-order valence-electron chi connectivity index (χ4n) is 4.73. The molecule has 1 saturated carbocycles. The van der Waals surface area contributed by atoms with E-state index < -0.39 is 0 Å². The van der Waals surface area contributed by atoms with E-state index in [0.717, 1.165) is 36.8 Å². The number of anilines is 3. The zero-order chi connectivity index (χ0) is 26.0. The van der Waals surface area contributed by atoms with Crippen molar-refractivity contribution in [3.8, 4) is 5.75 Å². The van der Waals surface area contributed by atoms with Crippen LogP contribution in [0, 0.1) is 0 Å². The summed E-state index contributed by atoms with van der Waals surface area (Å²) in [7, 11) is 3.18. The molecule has 1 aromatic heterocycles. The molecule has 0 radical (unpaired) electrons. The zero-order valence-electron chi connectivity index (χ0n) is 20.6. The molecule has 1 aliphatic carbocycles. The van der Waals surface area contributed by atoms with Crippen LogP contribution >= 0.6 is 23.2 Å². The molecule has 2 aliphatic rings. The molecule has 11 heteroatoms. The summed E-state index contributed by atoms with van der Waals surface area (Å²) in [6.07, 6.45) is 7.43. The van der Waals surface area contributed by atoms with Crippen LogP contribution in [0.3, 0.4) is 0 Å². The molecule has 0 spiro atoms. The summed E-state index contributed by atoms with van der Waals surface area (Å²) >= 11 is 13.3. The molecule has 0 saturated heterocycles. The average Bonchev–Trinajstić information content (AvgIpc) is 2.88. The van der Waals surface area contributed by atoms with Crippen molar-refractivity contribution in [2.24, 2.45) is 0 Å². The van der Waals surface area contributed by atoms with Gasteiger partial charge < -0.3 is 15.4 Å². The molecule has 2 N–H and O–H groups in total. The summed E-state index contributed by atoms with van der Waals surface area (Å²) in [5.41, 5.74) is 1.98. The lowest BCUT2D eigenvalue weighted by molar-refractivity contribution is -0.117. The van der Waals surface area contributed by atoms with E-state index in [1.54, 1.807) is 19.3 Å². The van der Waals surface area contributed by atoms with Gasteiger partial charge in [-0.1, -0.05) is 49.5 Å². The van der Waals surface area contributed by atoms with Gasteiger partial charge in [-0.15, -0.1) is 0 Å². The second-order valence-electron chi connectivity index (χ2n) is 8.89. The highest BCUT2D eigenvalue weighted by Gasteiger charge is 2.35. The van der Waals surface area contributed by atoms with E-state index >= 15 is 0 Å². The number of nitrogens with zero attached hydrogens (tertiary/aromatic N) is 4. The topological polar surface area (TPSA) is 99.7 Å². The van der Waals surface area contributed by atoms with Crippen molar-refractivity contribution in [3.05, 3.63) is 46.1 Å². The number of amides is 3. The predicted molar refractivity (Wildman–Crippen MR) is 142 cm³/mol. The molecule has 3 amide bonds. The van der Waals surface area contributed by atoms with Crippen LogP contribution in [0.4, 0.5) is 22.2 Å². The SMILES string of the molecule is C=CC(=O)NC1CCCCC1Nc1ncc2c(n1)N(C)C(=O)N(c1c(Cl)c(CC)cc(OC)c1Cl)C2. The first-order valence-corrected chi connectivity index (χ1v) is 12.7. The van der Waals surface area contributed by atoms with Crippen LogP contribution in [0.1, 0.15) is 43.7 Å². The second kappa shape index (κ2) is 10.9. The van der Waals surface area contributed by atoms with Crippen LogP contribution in [-0.4, -0.2) is 48.1 Å². The van der Waals surface area contributed by atoms with Gasteiger partial charge in [0.1, 0.15) is 16.6 Å². The van der Waals surface area contributed by atoms with Crippen LogP contribution in [0.15, 0.2) is 24.9 Å². The van der Waals surface area contributed by atoms with E-state index in [-0.39, 0.29) is 35.6 Å². The summed E-state index contributed by atoms with van der Waals surface area (Å²) in [6.45, 7) is 5.71. The van der Waals surface area contributed by atoms with Gasteiger partial charge in [-0.2, -0.15) is 4.98 Å². The van der Waals surface area contributed by atoms with Crippen molar-refractivity contribution in [2.45, 2.75) is 57.7 Å². The van der Waals surface area contributed by atoms with Crippen molar-refractivity contribution >= 4 is 52.6 Å². The number of hydrogen-bond donors (Lipinski definition) is 2. The number of rotatable bonds is 7. The fourth-order valence-corrected chi connectivity index (χ4v) is 5.49. The Morgan fingerprint density at radius 1 is 1.28 bits per heavy atom. The second-order valence-corrected chi connectivity index (χ2v) is 9.65. The molecule has 2 atom stereocenters. The maximum absolute atomic E-state index is 13.5. The Labute approximate surface area is 220 Å². The van der Waals surface area contributed by atoms with Gasteiger partial charge in [0.2, 0.25) is 11.9 Å². The molecule has 36 heavy (non-hydrogen) atoms. The third kappa shape index (κ3) is 4.95. The first-order chi connectivity index (χ1) is 17.3. The first-order valence-electron chi connectivity index (χ1n) is 11.9. The average molecular weight is 533 g/mol. The highest BCUT2D eigenvalue weighted by molar-refractivity contribution is 6.41. The van der Waals surface area contributed by atoms with Gasteiger partial charge in [0.05, 0.1) is 24.4 Å². The number of carbonyl (C=O) groups excluding carboxylic acids is 2. The summed E-state index contributed by atoms with van der Waals surface area (Å²) in [4.78, 5) is 37.5. The number of aromatic nitrogens is 2. The molecular weight excluding hydrogens is 503 g/mol. The summed E-state index contributed by atoms with van der Waals surface area (Å²) in [5, 5.41) is 7.03. The molecule has 2 heterocycles. The van der Waals surface area contributed by atoms with Gasteiger partial charge in [0.25, 0.3) is 0 Å². The lowest BCUT2D eigenvalue weighted by atomic mass is 9.90. The van der Waals surface area contributed by atoms with Crippen molar-refractivity contribution < 1.29 is 14.3 Å². The van der Waals surface area contributed by atoms with Crippen LogP contribution in [0.5, 0.6) is 5.75 Å². The lowest BCUT2D eigenvalue weighted by Gasteiger charge is -2.36. The van der Waals surface area contributed by atoms with E-state index in [0.29, 0.717) is 34.6 Å². The van der Waals surface area contributed by atoms with E-state index in [9.17, 15) is 9.59 Å². The molecule has 1 fully saturated rings. The molecule has 192 valence electrons. The zero-order valence-corrected chi connectivity index (χ0v) is 22.1. The first kappa shape index (κ1) is 26.0. The van der Waals surface area contributed by atoms with E-state index in [1.165, 1.54) is 23.0 Å². The number of hydrogen-bond acceptors (Lipinski definition) is 6. The van der Waals surface area contributed by atoms with E-state index in [4.69, 9.17) is 27.9 Å². The van der Waals surface area contributed by atoms with Gasteiger partial charge in [0, 0.05) is 30.9 Å². The summed E-state index contributed by atoms with van der Waals surface area (Å²) in [6, 6.07) is 1.39. The molecule has 1 aliphatic heterocycles. The van der Waals surface area contributed by atoms with Gasteiger partial charge in [-0.25, -0.2) is 9.78 Å². The molecule has 4 rings (SSSR count). The molecule has 9 nitrogen and oxygen atoms in total.